The van der Waals surface area contributed by atoms with Crippen LogP contribution >= 0.6 is 0 Å². The molecule has 1 saturated carbocycles. The van der Waals surface area contributed by atoms with Crippen molar-refractivity contribution in [2.75, 3.05) is 32.7 Å². The SMILES string of the molecule is CCCNCC1CCN(CC2CCC(C)C2)C1. The van der Waals surface area contributed by atoms with Gasteiger partial charge in [0.25, 0.3) is 0 Å². The molecule has 0 aromatic carbocycles. The van der Waals surface area contributed by atoms with Crippen molar-refractivity contribution >= 4 is 0 Å². The molecule has 0 bridgehead atoms. The van der Waals surface area contributed by atoms with Crippen molar-refractivity contribution in [2.45, 2.75) is 46.0 Å². The van der Waals surface area contributed by atoms with Crippen LogP contribution in [0.2, 0.25) is 0 Å². The van der Waals surface area contributed by atoms with Crippen LogP contribution in [0.3, 0.4) is 0 Å². The van der Waals surface area contributed by atoms with Crippen LogP contribution in [0.25, 0.3) is 0 Å². The second-order valence-electron chi connectivity index (χ2n) is 6.40. The van der Waals surface area contributed by atoms with E-state index >= 15 is 0 Å². The van der Waals surface area contributed by atoms with Crippen LogP contribution in [0, 0.1) is 17.8 Å². The fraction of sp³-hybridized carbons (Fsp3) is 1.00. The minimum Gasteiger partial charge on any atom is -0.316 e. The quantitative estimate of drug-likeness (QED) is 0.716. The van der Waals surface area contributed by atoms with Crippen LogP contribution in [-0.2, 0) is 0 Å². The van der Waals surface area contributed by atoms with Crippen LogP contribution in [-0.4, -0.2) is 37.6 Å². The molecule has 17 heavy (non-hydrogen) atoms. The molecule has 3 atom stereocenters. The maximum absolute atomic E-state index is 3.57. The first kappa shape index (κ1) is 13.4. The van der Waals surface area contributed by atoms with Crippen molar-refractivity contribution in [3.05, 3.63) is 0 Å². The molecule has 0 aromatic rings. The number of rotatable bonds is 6. The number of hydrogen-bond donors (Lipinski definition) is 1. The Balaban J connectivity index is 1.61. The molecule has 2 nitrogen and oxygen atoms in total. The lowest BCUT2D eigenvalue weighted by molar-refractivity contribution is 0.266. The summed E-state index contributed by atoms with van der Waals surface area (Å²) in [5, 5.41) is 3.57. The molecule has 1 aliphatic carbocycles. The largest absolute Gasteiger partial charge is 0.316 e. The standard InChI is InChI=1S/C15H30N2/c1-3-7-16-10-15-6-8-17(12-15)11-14-5-4-13(2)9-14/h13-16H,3-12H2,1-2H3. The Labute approximate surface area is 107 Å². The van der Waals surface area contributed by atoms with Gasteiger partial charge in [0.15, 0.2) is 0 Å². The van der Waals surface area contributed by atoms with E-state index in [4.69, 9.17) is 0 Å². The van der Waals surface area contributed by atoms with Gasteiger partial charge >= 0.3 is 0 Å². The van der Waals surface area contributed by atoms with Crippen LogP contribution in [0.1, 0.15) is 46.0 Å². The average molecular weight is 238 g/mol. The second-order valence-corrected chi connectivity index (χ2v) is 6.40. The van der Waals surface area contributed by atoms with E-state index in [0.717, 1.165) is 17.8 Å². The van der Waals surface area contributed by atoms with Gasteiger partial charge in [-0.25, -0.2) is 0 Å². The molecule has 1 saturated heterocycles. The van der Waals surface area contributed by atoms with E-state index < -0.39 is 0 Å². The Morgan fingerprint density at radius 2 is 2.06 bits per heavy atom. The Morgan fingerprint density at radius 1 is 1.18 bits per heavy atom. The first-order chi connectivity index (χ1) is 8.28. The van der Waals surface area contributed by atoms with Crippen molar-refractivity contribution in [3.8, 4) is 0 Å². The third-order valence-corrected chi connectivity index (χ3v) is 4.55. The van der Waals surface area contributed by atoms with Crippen LogP contribution < -0.4 is 5.32 Å². The predicted octanol–water partition coefficient (Wildman–Crippen LogP) is 2.74. The lowest BCUT2D eigenvalue weighted by atomic mass is 10.1. The predicted molar refractivity (Wildman–Crippen MR) is 74.2 cm³/mol. The molecule has 0 amide bonds. The first-order valence-electron chi connectivity index (χ1n) is 7.71. The maximum atomic E-state index is 3.57. The fourth-order valence-corrected chi connectivity index (χ4v) is 3.58. The number of likely N-dealkylation sites (tertiary alicyclic amines) is 1. The molecule has 1 N–H and O–H groups in total. The van der Waals surface area contributed by atoms with E-state index in [2.05, 4.69) is 24.1 Å². The highest BCUT2D eigenvalue weighted by Crippen LogP contribution is 2.31. The molecule has 0 radical (unpaired) electrons. The third kappa shape index (κ3) is 4.26. The first-order valence-corrected chi connectivity index (χ1v) is 7.71. The zero-order chi connectivity index (χ0) is 12.1. The normalized spacial score (nSPS) is 34.6. The number of nitrogens with one attached hydrogen (secondary N) is 1. The molecular weight excluding hydrogens is 208 g/mol. The molecule has 1 aliphatic heterocycles. The molecule has 0 aromatic heterocycles. The van der Waals surface area contributed by atoms with Crippen molar-refractivity contribution in [3.63, 3.8) is 0 Å². The highest BCUT2D eigenvalue weighted by molar-refractivity contribution is 4.81. The van der Waals surface area contributed by atoms with E-state index in [-0.39, 0.29) is 0 Å². The molecule has 2 aliphatic rings. The highest BCUT2D eigenvalue weighted by Gasteiger charge is 2.27. The fourth-order valence-electron chi connectivity index (χ4n) is 3.58. The highest BCUT2D eigenvalue weighted by atomic mass is 15.2. The van der Waals surface area contributed by atoms with Gasteiger partial charge in [-0.2, -0.15) is 0 Å². The van der Waals surface area contributed by atoms with Crippen LogP contribution in [0.15, 0.2) is 0 Å². The summed E-state index contributed by atoms with van der Waals surface area (Å²) in [6, 6.07) is 0. The number of nitrogens with zero attached hydrogens (tertiary/aromatic N) is 1. The van der Waals surface area contributed by atoms with Gasteiger partial charge in [0.2, 0.25) is 0 Å². The van der Waals surface area contributed by atoms with Gasteiger partial charge in [0.05, 0.1) is 0 Å². The van der Waals surface area contributed by atoms with E-state index in [1.807, 2.05) is 0 Å². The third-order valence-electron chi connectivity index (χ3n) is 4.55. The van der Waals surface area contributed by atoms with Crippen molar-refractivity contribution in [1.29, 1.82) is 0 Å². The molecule has 3 unspecified atom stereocenters. The minimum atomic E-state index is 0.917. The summed E-state index contributed by atoms with van der Waals surface area (Å²) >= 11 is 0. The summed E-state index contributed by atoms with van der Waals surface area (Å²) in [6.07, 6.45) is 7.11. The van der Waals surface area contributed by atoms with Gasteiger partial charge in [-0.15, -0.1) is 0 Å². The summed E-state index contributed by atoms with van der Waals surface area (Å²) in [5.41, 5.74) is 0. The molecule has 1 heterocycles. The van der Waals surface area contributed by atoms with Gasteiger partial charge in [0.1, 0.15) is 0 Å². The second kappa shape index (κ2) is 6.75. The van der Waals surface area contributed by atoms with E-state index in [0.29, 0.717) is 0 Å². The van der Waals surface area contributed by atoms with Crippen LogP contribution in [0.4, 0.5) is 0 Å². The zero-order valence-corrected chi connectivity index (χ0v) is 11.8. The molecule has 2 fully saturated rings. The lowest BCUT2D eigenvalue weighted by Crippen LogP contribution is -2.29. The summed E-state index contributed by atoms with van der Waals surface area (Å²) in [6.45, 7) is 11.2. The summed E-state index contributed by atoms with van der Waals surface area (Å²) in [5.74, 6) is 2.91. The Hall–Kier alpha value is -0.0800. The Kier molecular flexibility index (Phi) is 5.30. The van der Waals surface area contributed by atoms with E-state index in [1.165, 1.54) is 64.8 Å². The van der Waals surface area contributed by atoms with Crippen molar-refractivity contribution < 1.29 is 0 Å². The minimum absolute atomic E-state index is 0.917. The monoisotopic (exact) mass is 238 g/mol. The maximum Gasteiger partial charge on any atom is 0.00224 e. The summed E-state index contributed by atoms with van der Waals surface area (Å²) < 4.78 is 0. The summed E-state index contributed by atoms with van der Waals surface area (Å²) in [7, 11) is 0. The molecule has 2 rings (SSSR count). The van der Waals surface area contributed by atoms with Gasteiger partial charge in [-0.1, -0.05) is 20.3 Å². The average Bonchev–Trinajstić information content (AvgIpc) is 2.90. The van der Waals surface area contributed by atoms with Crippen molar-refractivity contribution in [2.24, 2.45) is 17.8 Å². The molecular formula is C15H30N2. The lowest BCUT2D eigenvalue weighted by Gasteiger charge is -2.20. The van der Waals surface area contributed by atoms with Gasteiger partial charge in [-0.05, 0) is 63.1 Å². The number of hydrogen-bond acceptors (Lipinski definition) is 2. The molecule has 0 spiro atoms. The molecule has 2 heteroatoms. The topological polar surface area (TPSA) is 15.3 Å². The Morgan fingerprint density at radius 3 is 2.76 bits per heavy atom. The zero-order valence-electron chi connectivity index (χ0n) is 11.8. The van der Waals surface area contributed by atoms with Crippen molar-refractivity contribution in [1.82, 2.24) is 10.2 Å². The smallest absolute Gasteiger partial charge is 0.00224 e. The van der Waals surface area contributed by atoms with E-state index in [1.54, 1.807) is 0 Å². The van der Waals surface area contributed by atoms with Gasteiger partial charge < -0.3 is 10.2 Å². The van der Waals surface area contributed by atoms with Gasteiger partial charge in [-0.3, -0.25) is 0 Å². The van der Waals surface area contributed by atoms with Gasteiger partial charge in [0, 0.05) is 13.1 Å². The summed E-state index contributed by atoms with van der Waals surface area (Å²) in [4.78, 5) is 2.72. The van der Waals surface area contributed by atoms with E-state index in [9.17, 15) is 0 Å². The Bertz CT molecular complexity index is 217. The van der Waals surface area contributed by atoms with Crippen LogP contribution in [0.5, 0.6) is 0 Å². The molecule has 100 valence electrons.